The Bertz CT molecular complexity index is 574. The summed E-state index contributed by atoms with van der Waals surface area (Å²) < 4.78 is 0. The molecule has 6 atom stereocenters. The van der Waals surface area contributed by atoms with E-state index in [0.717, 1.165) is 18.4 Å². The Balaban J connectivity index is 1.74. The van der Waals surface area contributed by atoms with E-state index in [1.165, 1.54) is 31.3 Å². The van der Waals surface area contributed by atoms with Gasteiger partial charge in [-0.05, 0) is 78.8 Å². The number of allylic oxidation sites excluding steroid dienone is 1. The summed E-state index contributed by atoms with van der Waals surface area (Å²) in [5, 5.41) is 10.8. The van der Waals surface area contributed by atoms with Gasteiger partial charge in [-0.15, -0.1) is 0 Å². The highest BCUT2D eigenvalue weighted by Crippen LogP contribution is 2.66. The molecule has 4 rings (SSSR count). The van der Waals surface area contributed by atoms with Crippen LogP contribution in [0.4, 0.5) is 0 Å². The fraction of sp³-hybridized carbons (Fsp3) is 0.750. The molecule has 3 unspecified atom stereocenters. The van der Waals surface area contributed by atoms with Gasteiger partial charge in [0.25, 0.3) is 0 Å². The summed E-state index contributed by atoms with van der Waals surface area (Å²) in [7, 11) is 0. The first-order valence-corrected chi connectivity index (χ1v) is 8.97. The number of carbonyl (C=O) groups is 1. The maximum Gasteiger partial charge on any atom is 0.155 e. The number of aliphatic hydroxyl groups is 1. The molecule has 0 bridgehead atoms. The molecule has 0 saturated heterocycles. The van der Waals surface area contributed by atoms with Gasteiger partial charge in [-0.1, -0.05) is 26.0 Å². The summed E-state index contributed by atoms with van der Waals surface area (Å²) in [5.74, 6) is 2.13. The average Bonchev–Trinajstić information content (AvgIpc) is 2.77. The van der Waals surface area contributed by atoms with E-state index in [9.17, 15) is 9.90 Å². The lowest BCUT2D eigenvalue weighted by molar-refractivity contribution is -0.118. The van der Waals surface area contributed by atoms with Crippen molar-refractivity contribution in [2.75, 3.05) is 0 Å². The van der Waals surface area contributed by atoms with Gasteiger partial charge in [-0.25, -0.2) is 0 Å². The van der Waals surface area contributed by atoms with Crippen LogP contribution in [0.3, 0.4) is 0 Å². The third-order valence-corrected chi connectivity index (χ3v) is 7.93. The number of ketones is 1. The zero-order valence-corrected chi connectivity index (χ0v) is 13.9. The number of fused-ring (bicyclic) bond motifs is 5. The third-order valence-electron chi connectivity index (χ3n) is 7.93. The van der Waals surface area contributed by atoms with E-state index in [4.69, 9.17) is 0 Å². The molecule has 120 valence electrons. The van der Waals surface area contributed by atoms with Crippen LogP contribution in [-0.4, -0.2) is 17.0 Å². The molecule has 0 aromatic carbocycles. The van der Waals surface area contributed by atoms with E-state index < -0.39 is 6.10 Å². The van der Waals surface area contributed by atoms with Crippen molar-refractivity contribution in [1.29, 1.82) is 0 Å². The molecule has 0 aliphatic heterocycles. The first-order chi connectivity index (χ1) is 10.4. The largest absolute Gasteiger partial charge is 0.389 e. The second-order valence-electron chi connectivity index (χ2n) is 8.71. The highest BCUT2D eigenvalue weighted by atomic mass is 16.3. The molecule has 0 aromatic rings. The van der Waals surface area contributed by atoms with Crippen molar-refractivity contribution in [1.82, 2.24) is 0 Å². The summed E-state index contributed by atoms with van der Waals surface area (Å²) in [6.07, 6.45) is 8.70. The van der Waals surface area contributed by atoms with Crippen molar-refractivity contribution in [2.24, 2.45) is 28.6 Å². The summed E-state index contributed by atoms with van der Waals surface area (Å²) in [5.41, 5.74) is 2.82. The van der Waals surface area contributed by atoms with Crippen molar-refractivity contribution in [3.8, 4) is 0 Å². The fourth-order valence-corrected chi connectivity index (χ4v) is 6.51. The Morgan fingerprint density at radius 3 is 2.64 bits per heavy atom. The monoisotopic (exact) mass is 300 g/mol. The normalized spacial score (nSPS) is 51.0. The van der Waals surface area contributed by atoms with Crippen molar-refractivity contribution in [2.45, 2.75) is 64.9 Å². The Morgan fingerprint density at radius 1 is 1.14 bits per heavy atom. The van der Waals surface area contributed by atoms with Crippen molar-refractivity contribution < 1.29 is 9.90 Å². The van der Waals surface area contributed by atoms with Gasteiger partial charge in [0.05, 0.1) is 6.10 Å². The second-order valence-corrected chi connectivity index (χ2v) is 8.71. The van der Waals surface area contributed by atoms with Crippen molar-refractivity contribution in [3.05, 3.63) is 23.8 Å². The van der Waals surface area contributed by atoms with Crippen LogP contribution >= 0.6 is 0 Å². The predicted molar refractivity (Wildman–Crippen MR) is 87.2 cm³/mol. The minimum Gasteiger partial charge on any atom is -0.389 e. The number of aliphatic hydroxyl groups excluding tert-OH is 1. The predicted octanol–water partition coefficient (Wildman–Crippen LogP) is 4.05. The topological polar surface area (TPSA) is 37.3 Å². The van der Waals surface area contributed by atoms with Crippen LogP contribution < -0.4 is 0 Å². The van der Waals surface area contributed by atoms with Gasteiger partial charge in [0.15, 0.2) is 5.78 Å². The van der Waals surface area contributed by atoms with Crippen LogP contribution in [0.25, 0.3) is 0 Å². The molecular formula is C20H28O2. The number of rotatable bonds is 0. The molecule has 22 heavy (non-hydrogen) atoms. The van der Waals surface area contributed by atoms with Crippen LogP contribution in [0.5, 0.6) is 0 Å². The maximum absolute atomic E-state index is 11.8. The molecule has 4 aliphatic rings. The Hall–Kier alpha value is -0.890. The van der Waals surface area contributed by atoms with Gasteiger partial charge in [0.2, 0.25) is 0 Å². The molecule has 0 aromatic heterocycles. The smallest absolute Gasteiger partial charge is 0.155 e. The molecule has 3 saturated carbocycles. The third kappa shape index (κ3) is 1.73. The summed E-state index contributed by atoms with van der Waals surface area (Å²) in [4.78, 5) is 11.8. The maximum atomic E-state index is 11.8. The lowest BCUT2D eigenvalue weighted by Gasteiger charge is -2.58. The molecule has 4 aliphatic carbocycles. The van der Waals surface area contributed by atoms with Gasteiger partial charge in [0, 0.05) is 6.42 Å². The minimum absolute atomic E-state index is 0.0432. The molecule has 1 N–H and O–H groups in total. The SMILES string of the molecule is C=C1CCC2C3C[C@@H](O)C4=CC(=O)CC[C@]4(C)C3CC[C@]12C. The van der Waals surface area contributed by atoms with Crippen LogP contribution in [0, 0.1) is 28.6 Å². The standard InChI is InChI=1S/C20H28O2/c1-12-4-5-15-14-11-18(22)17-10-13(21)6-8-20(17,3)16(14)7-9-19(12,15)2/h10,14-16,18,22H,1,4-9,11H2,2-3H3/t14?,15?,16?,18-,19-,20-/m1/s1. The molecule has 0 radical (unpaired) electrons. The highest BCUT2D eigenvalue weighted by molar-refractivity contribution is 5.91. The Labute approximate surface area is 133 Å². The Morgan fingerprint density at radius 2 is 1.86 bits per heavy atom. The van der Waals surface area contributed by atoms with Crippen molar-refractivity contribution >= 4 is 5.78 Å². The molecule has 0 spiro atoms. The molecule has 2 heteroatoms. The highest BCUT2D eigenvalue weighted by Gasteiger charge is 2.58. The molecule has 2 nitrogen and oxygen atoms in total. The van der Waals surface area contributed by atoms with E-state index in [1.54, 1.807) is 6.08 Å². The minimum atomic E-state index is -0.410. The number of carbonyl (C=O) groups excluding carboxylic acids is 1. The fourth-order valence-electron chi connectivity index (χ4n) is 6.51. The second kappa shape index (κ2) is 4.56. The summed E-state index contributed by atoms with van der Waals surface area (Å²) in [6.45, 7) is 9.08. The van der Waals surface area contributed by atoms with Gasteiger partial charge in [-0.2, -0.15) is 0 Å². The van der Waals surface area contributed by atoms with Gasteiger partial charge in [0.1, 0.15) is 0 Å². The van der Waals surface area contributed by atoms with Crippen molar-refractivity contribution in [3.63, 3.8) is 0 Å². The number of hydrogen-bond acceptors (Lipinski definition) is 2. The molecule has 3 fully saturated rings. The average molecular weight is 300 g/mol. The first kappa shape index (κ1) is 14.7. The lowest BCUT2D eigenvalue weighted by Crippen LogP contribution is -2.53. The van der Waals surface area contributed by atoms with E-state index in [-0.39, 0.29) is 11.2 Å². The van der Waals surface area contributed by atoms with Crippen LogP contribution in [0.2, 0.25) is 0 Å². The van der Waals surface area contributed by atoms with E-state index in [2.05, 4.69) is 20.4 Å². The van der Waals surface area contributed by atoms with Gasteiger partial charge >= 0.3 is 0 Å². The van der Waals surface area contributed by atoms with Crippen LogP contribution in [-0.2, 0) is 4.79 Å². The van der Waals surface area contributed by atoms with E-state index >= 15 is 0 Å². The Kier molecular flexibility index (Phi) is 3.05. The quantitative estimate of drug-likeness (QED) is 0.685. The molecular weight excluding hydrogens is 272 g/mol. The van der Waals surface area contributed by atoms with Crippen LogP contribution in [0.15, 0.2) is 23.8 Å². The van der Waals surface area contributed by atoms with E-state index in [1.807, 2.05) is 0 Å². The van der Waals surface area contributed by atoms with E-state index in [0.29, 0.717) is 29.6 Å². The van der Waals surface area contributed by atoms with Gasteiger partial charge < -0.3 is 5.11 Å². The molecule has 0 amide bonds. The zero-order valence-electron chi connectivity index (χ0n) is 13.9. The number of hydrogen-bond donors (Lipinski definition) is 1. The first-order valence-electron chi connectivity index (χ1n) is 8.97. The molecule has 0 heterocycles. The summed E-state index contributed by atoms with van der Waals surface area (Å²) >= 11 is 0. The summed E-state index contributed by atoms with van der Waals surface area (Å²) in [6, 6.07) is 0. The lowest BCUT2D eigenvalue weighted by atomic mass is 9.47. The van der Waals surface area contributed by atoms with Crippen LogP contribution in [0.1, 0.15) is 58.8 Å². The zero-order chi connectivity index (χ0) is 15.7. The van der Waals surface area contributed by atoms with Gasteiger partial charge in [-0.3, -0.25) is 4.79 Å².